The van der Waals surface area contributed by atoms with Crippen LogP contribution in [0.4, 0.5) is 11.4 Å². The molecule has 1 unspecified atom stereocenters. The summed E-state index contributed by atoms with van der Waals surface area (Å²) < 4.78 is 31.8. The van der Waals surface area contributed by atoms with Crippen LogP contribution in [-0.4, -0.2) is 25.9 Å². The van der Waals surface area contributed by atoms with Crippen molar-refractivity contribution in [3.63, 3.8) is 0 Å². The van der Waals surface area contributed by atoms with Crippen molar-refractivity contribution in [2.45, 2.75) is 30.2 Å². The van der Waals surface area contributed by atoms with E-state index in [-0.39, 0.29) is 10.7 Å². The van der Waals surface area contributed by atoms with Gasteiger partial charge in [0.2, 0.25) is 5.91 Å². The normalized spacial score (nSPS) is 18.2. The Morgan fingerprint density at radius 1 is 1.00 bits per heavy atom. The maximum atomic E-state index is 13.7. The minimum absolute atomic E-state index is 0.0720. The number of carbonyl (C=O) groups is 2. The summed E-state index contributed by atoms with van der Waals surface area (Å²) in [7, 11) is -3.90. The number of sulfone groups is 1. The molecule has 1 aliphatic heterocycles. The fourth-order valence-electron chi connectivity index (χ4n) is 4.47. The van der Waals surface area contributed by atoms with Crippen LogP contribution in [0, 0.1) is 0 Å². The van der Waals surface area contributed by atoms with E-state index < -0.39 is 27.5 Å². The van der Waals surface area contributed by atoms with Crippen molar-refractivity contribution in [2.75, 3.05) is 16.0 Å². The number of amides is 1. The highest BCUT2D eigenvalue weighted by molar-refractivity contribution is 7.92. The number of benzene rings is 2. The SMILES string of the molecule is O=C1CCCC2=C1C(c1ccco1)N(C(=O)CS(=O)(=O)c1ccccc1)c1ccccc1N2. The average molecular weight is 463 g/mol. The van der Waals surface area contributed by atoms with E-state index in [1.807, 2.05) is 12.1 Å². The van der Waals surface area contributed by atoms with Gasteiger partial charge in [0.15, 0.2) is 15.6 Å². The van der Waals surface area contributed by atoms with Gasteiger partial charge in [-0.15, -0.1) is 0 Å². The predicted octanol–water partition coefficient (Wildman–Crippen LogP) is 4.26. The molecule has 2 aliphatic rings. The highest BCUT2D eigenvalue weighted by atomic mass is 32.2. The van der Waals surface area contributed by atoms with Crippen LogP contribution in [-0.2, 0) is 19.4 Å². The van der Waals surface area contributed by atoms with E-state index in [0.29, 0.717) is 42.0 Å². The quantitative estimate of drug-likeness (QED) is 0.622. The Balaban J connectivity index is 1.66. The molecule has 2 heterocycles. The molecule has 0 saturated heterocycles. The zero-order valence-electron chi connectivity index (χ0n) is 17.7. The minimum atomic E-state index is -3.90. The second kappa shape index (κ2) is 8.37. The van der Waals surface area contributed by atoms with Gasteiger partial charge in [-0.25, -0.2) is 8.42 Å². The van der Waals surface area contributed by atoms with Crippen LogP contribution in [0.3, 0.4) is 0 Å². The van der Waals surface area contributed by atoms with Crippen molar-refractivity contribution in [3.05, 3.63) is 90.0 Å². The molecule has 5 rings (SSSR count). The highest BCUT2D eigenvalue weighted by Gasteiger charge is 2.41. The van der Waals surface area contributed by atoms with Gasteiger partial charge in [0.05, 0.1) is 22.5 Å². The van der Waals surface area contributed by atoms with Crippen molar-refractivity contribution in [1.29, 1.82) is 0 Å². The number of Topliss-reactive ketones (excluding diaryl/α,β-unsaturated/α-hetero) is 1. The molecule has 33 heavy (non-hydrogen) atoms. The van der Waals surface area contributed by atoms with Gasteiger partial charge in [-0.2, -0.15) is 0 Å². The largest absolute Gasteiger partial charge is 0.467 e. The molecule has 2 aromatic carbocycles. The molecule has 1 atom stereocenters. The number of furan rings is 1. The Morgan fingerprint density at radius 3 is 2.52 bits per heavy atom. The van der Waals surface area contributed by atoms with E-state index in [9.17, 15) is 18.0 Å². The van der Waals surface area contributed by atoms with Crippen LogP contribution >= 0.6 is 0 Å². The fraction of sp³-hybridized carbons (Fsp3) is 0.200. The van der Waals surface area contributed by atoms with E-state index in [1.165, 1.54) is 23.3 Å². The molecule has 0 bridgehead atoms. The van der Waals surface area contributed by atoms with E-state index in [4.69, 9.17) is 4.42 Å². The van der Waals surface area contributed by atoms with Gasteiger partial charge >= 0.3 is 0 Å². The summed E-state index contributed by atoms with van der Waals surface area (Å²) in [5.41, 5.74) is 2.31. The topological polar surface area (TPSA) is 96.7 Å². The van der Waals surface area contributed by atoms with Gasteiger partial charge < -0.3 is 9.73 Å². The first-order valence-corrected chi connectivity index (χ1v) is 12.4. The molecule has 0 spiro atoms. The number of nitrogens with one attached hydrogen (secondary N) is 1. The van der Waals surface area contributed by atoms with Gasteiger partial charge in [-0.05, 0) is 49.2 Å². The summed E-state index contributed by atoms with van der Waals surface area (Å²) in [4.78, 5) is 28.3. The third-order valence-electron chi connectivity index (χ3n) is 5.93. The number of rotatable bonds is 4. The van der Waals surface area contributed by atoms with Crippen LogP contribution in [0.1, 0.15) is 31.1 Å². The van der Waals surface area contributed by atoms with Crippen LogP contribution in [0.5, 0.6) is 0 Å². The maximum absolute atomic E-state index is 13.7. The molecule has 0 saturated carbocycles. The average Bonchev–Trinajstić information content (AvgIpc) is 3.29. The van der Waals surface area contributed by atoms with Crippen molar-refractivity contribution in [2.24, 2.45) is 0 Å². The Kier molecular flexibility index (Phi) is 5.38. The van der Waals surface area contributed by atoms with Gasteiger partial charge in [0, 0.05) is 17.7 Å². The van der Waals surface area contributed by atoms with Gasteiger partial charge in [0.25, 0.3) is 0 Å². The molecule has 0 fully saturated rings. The first-order chi connectivity index (χ1) is 16.0. The summed E-state index contributed by atoms with van der Waals surface area (Å²) in [5.74, 6) is -1.05. The summed E-state index contributed by atoms with van der Waals surface area (Å²) in [6.07, 6.45) is 3.19. The Morgan fingerprint density at radius 2 is 1.76 bits per heavy atom. The summed E-state index contributed by atoms with van der Waals surface area (Å²) >= 11 is 0. The number of ketones is 1. The van der Waals surface area contributed by atoms with E-state index in [0.717, 1.165) is 5.70 Å². The molecule has 0 radical (unpaired) electrons. The van der Waals surface area contributed by atoms with Crippen LogP contribution in [0.25, 0.3) is 0 Å². The predicted molar refractivity (Wildman–Crippen MR) is 123 cm³/mol. The summed E-state index contributed by atoms with van der Waals surface area (Å²) in [5, 5.41) is 3.34. The highest BCUT2D eigenvalue weighted by Crippen LogP contribution is 2.45. The molecule has 1 aromatic heterocycles. The Hall–Kier alpha value is -3.65. The smallest absolute Gasteiger partial charge is 0.243 e. The summed E-state index contributed by atoms with van der Waals surface area (Å²) in [6, 6.07) is 17.6. The van der Waals surface area contributed by atoms with Crippen molar-refractivity contribution < 1.29 is 22.4 Å². The zero-order chi connectivity index (χ0) is 23.0. The first-order valence-electron chi connectivity index (χ1n) is 10.7. The van der Waals surface area contributed by atoms with Gasteiger partial charge in [-0.1, -0.05) is 30.3 Å². The lowest BCUT2D eigenvalue weighted by Crippen LogP contribution is -2.41. The molecule has 8 heteroatoms. The first kappa shape index (κ1) is 21.2. The number of para-hydroxylation sites is 2. The molecule has 168 valence electrons. The van der Waals surface area contributed by atoms with Crippen LogP contribution < -0.4 is 10.2 Å². The summed E-state index contributed by atoms with van der Waals surface area (Å²) in [6.45, 7) is 0. The minimum Gasteiger partial charge on any atom is -0.467 e. The second-order valence-corrected chi connectivity index (χ2v) is 10.1. The van der Waals surface area contributed by atoms with Crippen LogP contribution in [0.15, 0.2) is 93.6 Å². The van der Waals surface area contributed by atoms with Crippen molar-refractivity contribution in [1.82, 2.24) is 0 Å². The van der Waals surface area contributed by atoms with E-state index in [2.05, 4.69) is 5.32 Å². The molecule has 7 nitrogen and oxygen atoms in total. The lowest BCUT2D eigenvalue weighted by Gasteiger charge is -2.32. The number of hydrogen-bond donors (Lipinski definition) is 1. The monoisotopic (exact) mass is 462 g/mol. The molecule has 1 aliphatic carbocycles. The molecular formula is C25H22N2O5S. The third-order valence-corrected chi connectivity index (χ3v) is 7.55. The number of anilines is 2. The lowest BCUT2D eigenvalue weighted by atomic mass is 9.88. The maximum Gasteiger partial charge on any atom is 0.243 e. The standard InChI is InChI=1S/C25H22N2O5S/c28-21-13-6-11-19-24(21)25(22-14-7-15-32-22)27(20-12-5-4-10-18(20)26-19)23(29)16-33(30,31)17-8-2-1-3-9-17/h1-5,7-10,12,14-15,25-26H,6,11,13,16H2. The zero-order valence-corrected chi connectivity index (χ0v) is 18.5. The van der Waals surface area contributed by atoms with E-state index >= 15 is 0 Å². The third kappa shape index (κ3) is 3.87. The number of allylic oxidation sites excluding steroid dienone is 1. The van der Waals surface area contributed by atoms with E-state index in [1.54, 1.807) is 42.5 Å². The van der Waals surface area contributed by atoms with Crippen molar-refractivity contribution in [3.8, 4) is 0 Å². The van der Waals surface area contributed by atoms with Gasteiger partial charge in [-0.3, -0.25) is 14.5 Å². The van der Waals surface area contributed by atoms with Crippen molar-refractivity contribution >= 4 is 32.9 Å². The number of fused-ring (bicyclic) bond motifs is 1. The number of hydrogen-bond acceptors (Lipinski definition) is 6. The second-order valence-electron chi connectivity index (χ2n) is 8.06. The van der Waals surface area contributed by atoms with Gasteiger partial charge in [0.1, 0.15) is 17.6 Å². The molecule has 1 N–H and O–H groups in total. The van der Waals surface area contributed by atoms with Crippen LogP contribution in [0.2, 0.25) is 0 Å². The Labute approximate surface area is 191 Å². The number of nitrogens with zero attached hydrogens (tertiary/aromatic N) is 1. The molecular weight excluding hydrogens is 440 g/mol. The molecule has 1 amide bonds. The number of carbonyl (C=O) groups excluding carboxylic acids is 2. The molecule has 3 aromatic rings. The Bertz CT molecular complexity index is 1340. The fourth-order valence-corrected chi connectivity index (χ4v) is 5.67. The lowest BCUT2D eigenvalue weighted by molar-refractivity contribution is -0.117.